The second-order valence-corrected chi connectivity index (χ2v) is 7.41. The van der Waals surface area contributed by atoms with E-state index in [1.807, 2.05) is 12.1 Å². The molecule has 1 rings (SSSR count). The third-order valence-corrected chi connectivity index (χ3v) is 4.66. The van der Waals surface area contributed by atoms with Crippen LogP contribution in [0.2, 0.25) is 5.02 Å². The molecule has 3 heteroatoms. The first-order valence-corrected chi connectivity index (χ1v) is 8.32. The van der Waals surface area contributed by atoms with Crippen molar-refractivity contribution in [2.45, 2.75) is 53.1 Å². The third-order valence-electron chi connectivity index (χ3n) is 4.41. The van der Waals surface area contributed by atoms with Gasteiger partial charge in [0.05, 0.1) is 0 Å². The summed E-state index contributed by atoms with van der Waals surface area (Å²) in [6, 6.07) is 9.16. The number of hydrogen-bond donors (Lipinski definition) is 1. The van der Waals surface area contributed by atoms with Crippen molar-refractivity contribution in [2.24, 2.45) is 5.41 Å². The maximum absolute atomic E-state index is 5.98. The van der Waals surface area contributed by atoms with E-state index in [4.69, 9.17) is 11.6 Å². The van der Waals surface area contributed by atoms with Gasteiger partial charge >= 0.3 is 0 Å². The Morgan fingerprint density at radius 3 is 2.24 bits per heavy atom. The zero-order valence-corrected chi connectivity index (χ0v) is 15.2. The number of hydrogen-bond acceptors (Lipinski definition) is 2. The van der Waals surface area contributed by atoms with Crippen LogP contribution in [0.3, 0.4) is 0 Å². The van der Waals surface area contributed by atoms with Crippen LogP contribution in [0.25, 0.3) is 0 Å². The third kappa shape index (κ3) is 5.98. The predicted molar refractivity (Wildman–Crippen MR) is 94.0 cm³/mol. The largest absolute Gasteiger partial charge is 0.310 e. The number of rotatable bonds is 7. The smallest absolute Gasteiger partial charge is 0.0406 e. The Labute approximate surface area is 135 Å². The van der Waals surface area contributed by atoms with Crippen LogP contribution in [0.5, 0.6) is 0 Å². The molecule has 1 aromatic carbocycles. The van der Waals surface area contributed by atoms with E-state index in [-0.39, 0.29) is 0 Å². The Balaban J connectivity index is 2.65. The monoisotopic (exact) mass is 310 g/mol. The molecule has 0 fully saturated rings. The van der Waals surface area contributed by atoms with Crippen molar-refractivity contribution < 1.29 is 0 Å². The molecule has 2 atom stereocenters. The molecule has 1 N–H and O–H groups in total. The van der Waals surface area contributed by atoms with Crippen molar-refractivity contribution in [3.05, 3.63) is 34.9 Å². The number of nitrogens with zero attached hydrogens (tertiary/aromatic N) is 1. The standard InChI is InChI=1S/C18H31ClN2/c1-7-20-17(15-8-10-16(19)11-9-15)12-13-21(6)14(2)18(3,4)5/h8-11,14,17,20H,7,12-13H2,1-6H3. The Bertz CT molecular complexity index is 408. The fourth-order valence-corrected chi connectivity index (χ4v) is 2.64. The van der Waals surface area contributed by atoms with Crippen molar-refractivity contribution in [3.63, 3.8) is 0 Å². The number of benzene rings is 1. The van der Waals surface area contributed by atoms with Crippen LogP contribution in [0.1, 0.15) is 52.6 Å². The molecule has 0 aromatic heterocycles. The Morgan fingerprint density at radius 1 is 1.19 bits per heavy atom. The Hall–Kier alpha value is -0.570. The van der Waals surface area contributed by atoms with E-state index in [9.17, 15) is 0 Å². The van der Waals surface area contributed by atoms with E-state index in [0.717, 1.165) is 24.5 Å². The average Bonchev–Trinajstić information content (AvgIpc) is 2.42. The van der Waals surface area contributed by atoms with Crippen molar-refractivity contribution in [1.82, 2.24) is 10.2 Å². The van der Waals surface area contributed by atoms with Gasteiger partial charge in [0.15, 0.2) is 0 Å². The fourth-order valence-electron chi connectivity index (χ4n) is 2.52. The molecule has 0 saturated carbocycles. The SMILES string of the molecule is CCNC(CCN(C)C(C)C(C)(C)C)c1ccc(Cl)cc1. The maximum atomic E-state index is 5.98. The topological polar surface area (TPSA) is 15.3 Å². The summed E-state index contributed by atoms with van der Waals surface area (Å²) in [5.74, 6) is 0. The second-order valence-electron chi connectivity index (χ2n) is 6.97. The lowest BCUT2D eigenvalue weighted by atomic mass is 9.87. The van der Waals surface area contributed by atoms with Crippen molar-refractivity contribution in [1.29, 1.82) is 0 Å². The molecule has 2 unspecified atom stereocenters. The van der Waals surface area contributed by atoms with E-state index in [1.165, 1.54) is 5.56 Å². The van der Waals surface area contributed by atoms with Crippen LogP contribution in [0.15, 0.2) is 24.3 Å². The molecule has 0 heterocycles. The average molecular weight is 311 g/mol. The van der Waals surface area contributed by atoms with Crippen molar-refractivity contribution >= 4 is 11.6 Å². The minimum Gasteiger partial charge on any atom is -0.310 e. The minimum absolute atomic E-state index is 0.308. The van der Waals surface area contributed by atoms with Gasteiger partial charge in [0, 0.05) is 17.1 Å². The van der Waals surface area contributed by atoms with Gasteiger partial charge in [-0.3, -0.25) is 0 Å². The van der Waals surface area contributed by atoms with Gasteiger partial charge in [0.25, 0.3) is 0 Å². The Morgan fingerprint density at radius 2 is 1.76 bits per heavy atom. The molecule has 0 radical (unpaired) electrons. The molecule has 1 aromatic rings. The summed E-state index contributed by atoms with van der Waals surface area (Å²) in [6.07, 6.45) is 1.10. The number of halogens is 1. The molecule has 0 aliphatic heterocycles. The van der Waals surface area contributed by atoms with Crippen LogP contribution < -0.4 is 5.32 Å². The van der Waals surface area contributed by atoms with Gasteiger partial charge in [-0.1, -0.05) is 51.4 Å². The van der Waals surface area contributed by atoms with Gasteiger partial charge in [-0.05, 0) is 56.6 Å². The highest BCUT2D eigenvalue weighted by Crippen LogP contribution is 2.25. The molecule has 0 amide bonds. The summed E-state index contributed by atoms with van der Waals surface area (Å²) in [4.78, 5) is 2.46. The first-order valence-electron chi connectivity index (χ1n) is 7.94. The van der Waals surface area contributed by atoms with Crippen molar-refractivity contribution in [2.75, 3.05) is 20.1 Å². The van der Waals surface area contributed by atoms with E-state index in [1.54, 1.807) is 0 Å². The molecule has 2 nitrogen and oxygen atoms in total. The highest BCUT2D eigenvalue weighted by molar-refractivity contribution is 6.30. The fraction of sp³-hybridized carbons (Fsp3) is 0.667. The highest BCUT2D eigenvalue weighted by Gasteiger charge is 2.24. The lowest BCUT2D eigenvalue weighted by Gasteiger charge is -2.36. The summed E-state index contributed by atoms with van der Waals surface area (Å²) in [7, 11) is 2.22. The summed E-state index contributed by atoms with van der Waals surface area (Å²) >= 11 is 5.98. The van der Waals surface area contributed by atoms with Crippen molar-refractivity contribution in [3.8, 4) is 0 Å². The molecule has 120 valence electrons. The van der Waals surface area contributed by atoms with Crippen LogP contribution in [-0.4, -0.2) is 31.1 Å². The molecule has 0 saturated heterocycles. The Kier molecular flexibility index (Phi) is 7.19. The zero-order chi connectivity index (χ0) is 16.0. The van der Waals surface area contributed by atoms with Crippen LogP contribution in [0.4, 0.5) is 0 Å². The van der Waals surface area contributed by atoms with E-state index < -0.39 is 0 Å². The van der Waals surface area contributed by atoms with E-state index >= 15 is 0 Å². The minimum atomic E-state index is 0.308. The zero-order valence-electron chi connectivity index (χ0n) is 14.4. The molecule has 21 heavy (non-hydrogen) atoms. The summed E-state index contributed by atoms with van der Waals surface area (Å²) in [5.41, 5.74) is 1.63. The molecule has 0 spiro atoms. The van der Waals surface area contributed by atoms with Gasteiger partial charge in [0.1, 0.15) is 0 Å². The molecular weight excluding hydrogens is 280 g/mol. The molecular formula is C18H31ClN2. The highest BCUT2D eigenvalue weighted by atomic mass is 35.5. The normalized spacial score (nSPS) is 15.2. The number of nitrogens with one attached hydrogen (secondary N) is 1. The lowest BCUT2D eigenvalue weighted by Crippen LogP contribution is -2.40. The quantitative estimate of drug-likeness (QED) is 0.782. The van der Waals surface area contributed by atoms with Gasteiger partial charge in [-0.15, -0.1) is 0 Å². The maximum Gasteiger partial charge on any atom is 0.0406 e. The first-order chi connectivity index (χ1) is 9.75. The van der Waals surface area contributed by atoms with Gasteiger partial charge in [-0.25, -0.2) is 0 Å². The predicted octanol–water partition coefficient (Wildman–Crippen LogP) is 4.75. The van der Waals surface area contributed by atoms with E-state index in [2.05, 4.69) is 64.0 Å². The van der Waals surface area contributed by atoms with E-state index in [0.29, 0.717) is 17.5 Å². The molecule has 0 bridgehead atoms. The summed E-state index contributed by atoms with van der Waals surface area (Å²) in [6.45, 7) is 13.4. The van der Waals surface area contributed by atoms with Crippen LogP contribution in [0, 0.1) is 5.41 Å². The van der Waals surface area contributed by atoms with Gasteiger partial charge in [0.2, 0.25) is 0 Å². The molecule has 0 aliphatic carbocycles. The van der Waals surface area contributed by atoms with Gasteiger partial charge < -0.3 is 10.2 Å². The second kappa shape index (κ2) is 8.17. The van der Waals surface area contributed by atoms with Crippen LogP contribution >= 0.6 is 11.6 Å². The summed E-state index contributed by atoms with van der Waals surface area (Å²) < 4.78 is 0. The van der Waals surface area contributed by atoms with Crippen LogP contribution in [-0.2, 0) is 0 Å². The summed E-state index contributed by atoms with van der Waals surface area (Å²) in [5, 5.41) is 4.38. The van der Waals surface area contributed by atoms with Gasteiger partial charge in [-0.2, -0.15) is 0 Å². The molecule has 0 aliphatic rings. The lowest BCUT2D eigenvalue weighted by molar-refractivity contribution is 0.136. The first kappa shape index (κ1) is 18.5.